The van der Waals surface area contributed by atoms with Gasteiger partial charge >= 0.3 is 6.18 Å². The second-order valence-electron chi connectivity index (χ2n) is 3.76. The number of rotatable bonds is 4. The van der Waals surface area contributed by atoms with E-state index < -0.39 is 11.7 Å². The molecule has 0 spiro atoms. The van der Waals surface area contributed by atoms with Crippen molar-refractivity contribution in [2.45, 2.75) is 32.0 Å². The van der Waals surface area contributed by atoms with Gasteiger partial charge in [0, 0.05) is 6.20 Å². The van der Waals surface area contributed by atoms with Gasteiger partial charge in [-0.3, -0.25) is 10.3 Å². The molecule has 0 aromatic carbocycles. The van der Waals surface area contributed by atoms with Crippen molar-refractivity contribution in [2.75, 3.05) is 6.54 Å². The third kappa shape index (κ3) is 2.52. The van der Waals surface area contributed by atoms with Gasteiger partial charge in [0.05, 0.1) is 5.69 Å². The summed E-state index contributed by atoms with van der Waals surface area (Å²) < 4.78 is 39.0. The second kappa shape index (κ2) is 4.82. The van der Waals surface area contributed by atoms with Crippen LogP contribution in [0.2, 0.25) is 0 Å². The molecule has 0 aliphatic carbocycles. The van der Waals surface area contributed by atoms with E-state index in [2.05, 4.69) is 10.3 Å². The number of pyridine rings is 1. The summed E-state index contributed by atoms with van der Waals surface area (Å²) in [5.74, 6) is 0. The fraction of sp³-hybridized carbons (Fsp3) is 0.545. The third-order valence-electron chi connectivity index (χ3n) is 2.47. The number of nitrogens with one attached hydrogen (secondary N) is 1. The zero-order valence-electron chi connectivity index (χ0n) is 9.30. The van der Waals surface area contributed by atoms with E-state index in [1.807, 2.05) is 6.92 Å². The van der Waals surface area contributed by atoms with Crippen LogP contribution in [0.15, 0.2) is 24.4 Å². The summed E-state index contributed by atoms with van der Waals surface area (Å²) in [6.45, 7) is 3.24. The summed E-state index contributed by atoms with van der Waals surface area (Å²) in [6.07, 6.45) is -2.36. The first-order valence-electron chi connectivity index (χ1n) is 5.15. The molecule has 1 aromatic heterocycles. The van der Waals surface area contributed by atoms with Gasteiger partial charge in [0.25, 0.3) is 0 Å². The van der Waals surface area contributed by atoms with Crippen LogP contribution in [0.4, 0.5) is 13.2 Å². The molecule has 0 bridgehead atoms. The average molecular weight is 232 g/mol. The molecule has 0 fully saturated rings. The normalized spacial score (nSPS) is 15.8. The topological polar surface area (TPSA) is 24.9 Å². The summed E-state index contributed by atoms with van der Waals surface area (Å²) in [5, 5.41) is 2.51. The van der Waals surface area contributed by atoms with Crippen LogP contribution in [0.3, 0.4) is 0 Å². The van der Waals surface area contributed by atoms with Crippen LogP contribution < -0.4 is 5.32 Å². The molecule has 1 unspecified atom stereocenters. The number of aromatic nitrogens is 1. The van der Waals surface area contributed by atoms with Gasteiger partial charge < -0.3 is 0 Å². The van der Waals surface area contributed by atoms with E-state index >= 15 is 0 Å². The van der Waals surface area contributed by atoms with Gasteiger partial charge in [0.2, 0.25) is 0 Å². The average Bonchev–Trinajstić information content (AvgIpc) is 2.25. The fourth-order valence-corrected chi connectivity index (χ4v) is 1.37. The molecule has 1 aromatic rings. The smallest absolute Gasteiger partial charge is 0.299 e. The lowest BCUT2D eigenvalue weighted by atomic mass is 9.96. The van der Waals surface area contributed by atoms with Gasteiger partial charge in [-0.2, -0.15) is 13.2 Å². The maximum atomic E-state index is 13.0. The zero-order chi connectivity index (χ0) is 12.2. The lowest BCUT2D eigenvalue weighted by molar-refractivity contribution is -0.196. The van der Waals surface area contributed by atoms with Gasteiger partial charge in [-0.1, -0.05) is 13.0 Å². The number of alkyl halides is 3. The Morgan fingerprint density at radius 3 is 2.44 bits per heavy atom. The highest BCUT2D eigenvalue weighted by Crippen LogP contribution is 2.37. The van der Waals surface area contributed by atoms with Crippen LogP contribution >= 0.6 is 0 Å². The minimum absolute atomic E-state index is 0.00375. The van der Waals surface area contributed by atoms with E-state index in [0.29, 0.717) is 13.0 Å². The molecular formula is C11H15F3N2. The van der Waals surface area contributed by atoms with Crippen molar-refractivity contribution >= 4 is 0 Å². The molecule has 1 atom stereocenters. The molecule has 0 saturated heterocycles. The van der Waals surface area contributed by atoms with Gasteiger partial charge in [-0.25, -0.2) is 0 Å². The van der Waals surface area contributed by atoms with Crippen LogP contribution in [-0.2, 0) is 5.54 Å². The van der Waals surface area contributed by atoms with Gasteiger partial charge in [-0.15, -0.1) is 0 Å². The van der Waals surface area contributed by atoms with Crippen molar-refractivity contribution in [3.05, 3.63) is 30.1 Å². The predicted octanol–water partition coefficient (Wildman–Crippen LogP) is 2.86. The van der Waals surface area contributed by atoms with Crippen LogP contribution in [0.1, 0.15) is 26.0 Å². The molecule has 16 heavy (non-hydrogen) atoms. The molecule has 5 heteroatoms. The Bertz CT molecular complexity index is 324. The Morgan fingerprint density at radius 2 is 2.00 bits per heavy atom. The maximum Gasteiger partial charge on any atom is 0.412 e. The molecule has 0 aliphatic heterocycles. The quantitative estimate of drug-likeness (QED) is 0.863. The zero-order valence-corrected chi connectivity index (χ0v) is 9.30. The molecule has 90 valence electrons. The van der Waals surface area contributed by atoms with Gasteiger partial charge in [-0.05, 0) is 32.0 Å². The van der Waals surface area contributed by atoms with Gasteiger partial charge in [0.1, 0.15) is 0 Å². The van der Waals surface area contributed by atoms with Crippen molar-refractivity contribution in [1.82, 2.24) is 10.3 Å². The Balaban J connectivity index is 3.05. The molecule has 0 amide bonds. The van der Waals surface area contributed by atoms with Crippen LogP contribution in [0, 0.1) is 0 Å². The molecule has 1 rings (SSSR count). The van der Waals surface area contributed by atoms with Crippen LogP contribution in [0.5, 0.6) is 0 Å². The fourth-order valence-electron chi connectivity index (χ4n) is 1.37. The summed E-state index contributed by atoms with van der Waals surface area (Å²) in [4.78, 5) is 3.79. The van der Waals surface area contributed by atoms with Crippen molar-refractivity contribution in [3.63, 3.8) is 0 Å². The molecule has 0 aliphatic rings. The lowest BCUT2D eigenvalue weighted by Gasteiger charge is -2.32. The van der Waals surface area contributed by atoms with E-state index in [9.17, 15) is 13.2 Å². The molecular weight excluding hydrogens is 217 g/mol. The minimum Gasteiger partial charge on any atom is -0.299 e. The third-order valence-corrected chi connectivity index (χ3v) is 2.47. The summed E-state index contributed by atoms with van der Waals surface area (Å²) >= 11 is 0. The molecule has 1 N–H and O–H groups in total. The minimum atomic E-state index is -4.36. The molecule has 0 radical (unpaired) electrons. The van der Waals surface area contributed by atoms with Crippen molar-refractivity contribution in [1.29, 1.82) is 0 Å². The maximum absolute atomic E-state index is 13.0. The van der Waals surface area contributed by atoms with Gasteiger partial charge in [0.15, 0.2) is 5.54 Å². The highest BCUT2D eigenvalue weighted by atomic mass is 19.4. The van der Waals surface area contributed by atoms with E-state index in [0.717, 1.165) is 6.92 Å². The summed E-state index contributed by atoms with van der Waals surface area (Å²) in [6, 6.07) is 4.54. The van der Waals surface area contributed by atoms with Crippen LogP contribution in [-0.4, -0.2) is 17.7 Å². The Hall–Kier alpha value is -1.10. The summed E-state index contributed by atoms with van der Waals surface area (Å²) in [7, 11) is 0. The second-order valence-corrected chi connectivity index (χ2v) is 3.76. The monoisotopic (exact) mass is 232 g/mol. The summed E-state index contributed by atoms with van der Waals surface area (Å²) in [5.41, 5.74) is -2.08. The molecule has 2 nitrogen and oxygen atoms in total. The molecule has 1 heterocycles. The largest absolute Gasteiger partial charge is 0.412 e. The van der Waals surface area contributed by atoms with Crippen molar-refractivity contribution < 1.29 is 13.2 Å². The Morgan fingerprint density at radius 1 is 1.31 bits per heavy atom. The van der Waals surface area contributed by atoms with E-state index in [4.69, 9.17) is 0 Å². The highest BCUT2D eigenvalue weighted by molar-refractivity contribution is 5.17. The molecule has 0 saturated carbocycles. The highest BCUT2D eigenvalue weighted by Gasteiger charge is 2.52. The van der Waals surface area contributed by atoms with Crippen molar-refractivity contribution in [2.24, 2.45) is 0 Å². The van der Waals surface area contributed by atoms with E-state index in [1.165, 1.54) is 12.3 Å². The number of hydrogen-bond donors (Lipinski definition) is 1. The Labute approximate surface area is 92.9 Å². The Kier molecular flexibility index (Phi) is 3.91. The number of hydrogen-bond acceptors (Lipinski definition) is 2. The SMILES string of the molecule is CCCNC(C)(c1ccccn1)C(F)(F)F. The first kappa shape index (κ1) is 13.0. The van der Waals surface area contributed by atoms with E-state index in [-0.39, 0.29) is 5.69 Å². The first-order valence-corrected chi connectivity index (χ1v) is 5.15. The predicted molar refractivity (Wildman–Crippen MR) is 55.9 cm³/mol. The van der Waals surface area contributed by atoms with Crippen LogP contribution in [0.25, 0.3) is 0 Å². The first-order chi connectivity index (χ1) is 7.42. The standard InChI is InChI=1S/C11H15F3N2/c1-3-7-16-10(2,11(12,13)14)9-6-4-5-8-15-9/h4-6,8,16H,3,7H2,1-2H3. The number of nitrogens with zero attached hydrogens (tertiary/aromatic N) is 1. The number of halogens is 3. The lowest BCUT2D eigenvalue weighted by Crippen LogP contribution is -2.52. The van der Waals surface area contributed by atoms with E-state index in [1.54, 1.807) is 12.1 Å². The van der Waals surface area contributed by atoms with Crippen molar-refractivity contribution in [3.8, 4) is 0 Å².